The maximum absolute atomic E-state index is 11.1. The molecule has 1 heterocycles. The Kier molecular flexibility index (Phi) is 3.57. The molecule has 3 rings (SSSR count). The molecule has 1 aliphatic rings. The highest BCUT2D eigenvalue weighted by Gasteiger charge is 2.48. The Morgan fingerprint density at radius 1 is 1.00 bits per heavy atom. The minimum Gasteiger partial charge on any atom is -0.473 e. The molecular formula is C17H20NO3+. The lowest BCUT2D eigenvalue weighted by molar-refractivity contribution is -0.863. The molecule has 0 unspecified atom stereocenters. The Bertz CT molecular complexity index is 614. The summed E-state index contributed by atoms with van der Waals surface area (Å²) in [5.41, 5.74) is 0.700. The van der Waals surface area contributed by atoms with E-state index in [9.17, 15) is 5.11 Å². The second-order valence-corrected chi connectivity index (χ2v) is 5.63. The molecule has 1 aliphatic heterocycles. The van der Waals surface area contributed by atoms with E-state index in [-0.39, 0.29) is 0 Å². The van der Waals surface area contributed by atoms with Gasteiger partial charge in [0.05, 0.1) is 14.1 Å². The second-order valence-electron chi connectivity index (χ2n) is 5.63. The molecule has 0 aliphatic carbocycles. The summed E-state index contributed by atoms with van der Waals surface area (Å²) in [6, 6.07) is 16.8. The zero-order chi connectivity index (χ0) is 14.9. The van der Waals surface area contributed by atoms with E-state index in [0.29, 0.717) is 23.6 Å². The summed E-state index contributed by atoms with van der Waals surface area (Å²) >= 11 is 0. The third-order valence-corrected chi connectivity index (χ3v) is 3.60. The van der Waals surface area contributed by atoms with Crippen molar-refractivity contribution in [1.82, 2.24) is 0 Å². The normalized spacial score (nSPS) is 24.1. The predicted octanol–water partition coefficient (Wildman–Crippen LogP) is 0.816. The number of nitrogens with one attached hydrogen (secondary N) is 1. The molecule has 0 radical (unpaired) electrons. The minimum atomic E-state index is -1.48. The molecule has 2 aromatic carbocycles. The average Bonchev–Trinajstić information content (AvgIpc) is 2.48. The van der Waals surface area contributed by atoms with Crippen LogP contribution in [-0.4, -0.2) is 31.9 Å². The van der Waals surface area contributed by atoms with Crippen molar-refractivity contribution in [2.24, 2.45) is 0 Å². The first-order chi connectivity index (χ1) is 10.1. The smallest absolute Gasteiger partial charge is 0.278 e. The first kappa shape index (κ1) is 13.9. The van der Waals surface area contributed by atoms with Gasteiger partial charge < -0.3 is 19.5 Å². The molecule has 0 fully saturated rings. The molecule has 2 aromatic rings. The first-order valence-corrected chi connectivity index (χ1v) is 7.11. The van der Waals surface area contributed by atoms with Gasteiger partial charge >= 0.3 is 0 Å². The van der Waals surface area contributed by atoms with Gasteiger partial charge in [-0.1, -0.05) is 42.5 Å². The molecule has 4 nitrogen and oxygen atoms in total. The second kappa shape index (κ2) is 5.39. The van der Waals surface area contributed by atoms with Crippen LogP contribution in [0, 0.1) is 0 Å². The SMILES string of the molecule is C[NH+](C)C[C@H]1Oc2ccccc2O[C@]1(O)c1ccccc1. The number of hydrogen-bond acceptors (Lipinski definition) is 3. The van der Waals surface area contributed by atoms with E-state index >= 15 is 0 Å². The van der Waals surface area contributed by atoms with Crippen LogP contribution in [0.3, 0.4) is 0 Å². The van der Waals surface area contributed by atoms with Crippen molar-refractivity contribution in [2.75, 3.05) is 20.6 Å². The first-order valence-electron chi connectivity index (χ1n) is 7.11. The van der Waals surface area contributed by atoms with E-state index in [2.05, 4.69) is 0 Å². The number of benzene rings is 2. The molecule has 0 saturated carbocycles. The molecule has 21 heavy (non-hydrogen) atoms. The summed E-state index contributed by atoms with van der Waals surface area (Å²) in [5.74, 6) is -0.245. The quantitative estimate of drug-likeness (QED) is 0.878. The van der Waals surface area contributed by atoms with E-state index in [0.717, 1.165) is 0 Å². The van der Waals surface area contributed by atoms with E-state index in [1.54, 1.807) is 0 Å². The highest BCUT2D eigenvalue weighted by Crippen LogP contribution is 2.41. The number of fused-ring (bicyclic) bond motifs is 1. The van der Waals surface area contributed by atoms with Gasteiger partial charge in [0, 0.05) is 5.56 Å². The van der Waals surface area contributed by atoms with Gasteiger partial charge in [0.1, 0.15) is 6.54 Å². The Labute approximate surface area is 124 Å². The predicted molar refractivity (Wildman–Crippen MR) is 79.5 cm³/mol. The molecule has 0 amide bonds. The molecule has 4 heteroatoms. The molecular weight excluding hydrogens is 266 g/mol. The van der Waals surface area contributed by atoms with Crippen molar-refractivity contribution in [1.29, 1.82) is 0 Å². The van der Waals surface area contributed by atoms with Crippen LogP contribution in [0.2, 0.25) is 0 Å². The van der Waals surface area contributed by atoms with Crippen molar-refractivity contribution >= 4 is 0 Å². The van der Waals surface area contributed by atoms with Crippen molar-refractivity contribution in [3.8, 4) is 11.5 Å². The van der Waals surface area contributed by atoms with Crippen molar-refractivity contribution in [2.45, 2.75) is 11.9 Å². The van der Waals surface area contributed by atoms with E-state index < -0.39 is 11.9 Å². The minimum absolute atomic E-state index is 0.472. The maximum atomic E-state index is 11.1. The highest BCUT2D eigenvalue weighted by atomic mass is 16.7. The highest BCUT2D eigenvalue weighted by molar-refractivity contribution is 5.43. The van der Waals surface area contributed by atoms with Gasteiger partial charge in [-0.15, -0.1) is 0 Å². The number of para-hydroxylation sites is 2. The molecule has 0 aromatic heterocycles. The number of rotatable bonds is 3. The van der Waals surface area contributed by atoms with Gasteiger partial charge in [-0.05, 0) is 12.1 Å². The van der Waals surface area contributed by atoms with E-state index in [1.807, 2.05) is 68.7 Å². The van der Waals surface area contributed by atoms with Gasteiger partial charge in [0.25, 0.3) is 5.79 Å². The van der Waals surface area contributed by atoms with Crippen molar-refractivity contribution in [3.63, 3.8) is 0 Å². The zero-order valence-corrected chi connectivity index (χ0v) is 12.2. The van der Waals surface area contributed by atoms with Gasteiger partial charge in [-0.3, -0.25) is 0 Å². The third kappa shape index (κ3) is 2.60. The standard InChI is InChI=1S/C17H19NO3/c1-18(2)12-16-17(19,13-8-4-3-5-9-13)21-15-11-7-6-10-14(15)20-16/h3-11,16,19H,12H2,1-2H3/p+1/t16-,17-/m1/s1. The van der Waals surface area contributed by atoms with Crippen LogP contribution >= 0.6 is 0 Å². The lowest BCUT2D eigenvalue weighted by atomic mass is 9.98. The maximum Gasteiger partial charge on any atom is 0.278 e. The van der Waals surface area contributed by atoms with Crippen LogP contribution in [0.1, 0.15) is 5.56 Å². The van der Waals surface area contributed by atoms with Crippen molar-refractivity contribution in [3.05, 3.63) is 60.2 Å². The average molecular weight is 286 g/mol. The van der Waals surface area contributed by atoms with Gasteiger partial charge in [-0.2, -0.15) is 0 Å². The lowest BCUT2D eigenvalue weighted by Gasteiger charge is -2.40. The summed E-state index contributed by atoms with van der Waals surface area (Å²) in [4.78, 5) is 1.18. The molecule has 0 spiro atoms. The summed E-state index contributed by atoms with van der Waals surface area (Å²) < 4.78 is 12.0. The number of likely N-dealkylation sites (N-methyl/N-ethyl adjacent to an activating group) is 1. The fraction of sp³-hybridized carbons (Fsp3) is 0.294. The Morgan fingerprint density at radius 2 is 1.62 bits per heavy atom. The summed E-state index contributed by atoms with van der Waals surface area (Å²) in [6.07, 6.45) is -0.472. The molecule has 110 valence electrons. The third-order valence-electron chi connectivity index (χ3n) is 3.60. The molecule has 0 bridgehead atoms. The molecule has 2 N–H and O–H groups in total. The van der Waals surface area contributed by atoms with Crippen LogP contribution in [0.5, 0.6) is 11.5 Å². The molecule has 2 atom stereocenters. The van der Waals surface area contributed by atoms with E-state index in [4.69, 9.17) is 9.47 Å². The van der Waals surface area contributed by atoms with Crippen LogP contribution < -0.4 is 14.4 Å². The number of hydrogen-bond donors (Lipinski definition) is 2. The topological polar surface area (TPSA) is 43.1 Å². The largest absolute Gasteiger partial charge is 0.473 e. The summed E-state index contributed by atoms with van der Waals surface area (Å²) in [7, 11) is 4.05. The fourth-order valence-corrected chi connectivity index (χ4v) is 2.57. The van der Waals surface area contributed by atoms with Gasteiger partial charge in [0.15, 0.2) is 11.5 Å². The van der Waals surface area contributed by atoms with Crippen LogP contribution in [-0.2, 0) is 5.79 Å². The number of ether oxygens (including phenoxy) is 2. The molecule has 0 saturated heterocycles. The monoisotopic (exact) mass is 286 g/mol. The van der Waals surface area contributed by atoms with E-state index in [1.165, 1.54) is 4.90 Å². The summed E-state index contributed by atoms with van der Waals surface area (Å²) in [5, 5.41) is 11.1. The Balaban J connectivity index is 2.03. The summed E-state index contributed by atoms with van der Waals surface area (Å²) in [6.45, 7) is 0.625. The number of quaternary nitrogens is 1. The zero-order valence-electron chi connectivity index (χ0n) is 12.2. The lowest BCUT2D eigenvalue weighted by Crippen LogP contribution is -3.07. The Morgan fingerprint density at radius 3 is 2.29 bits per heavy atom. The fourth-order valence-electron chi connectivity index (χ4n) is 2.57. The van der Waals surface area contributed by atoms with Crippen molar-refractivity contribution < 1.29 is 19.5 Å². The van der Waals surface area contributed by atoms with Gasteiger partial charge in [0.2, 0.25) is 6.10 Å². The van der Waals surface area contributed by atoms with Gasteiger partial charge in [-0.25, -0.2) is 0 Å². The number of aliphatic hydroxyl groups is 1. The van der Waals surface area contributed by atoms with Crippen LogP contribution in [0.4, 0.5) is 0 Å². The van der Waals surface area contributed by atoms with Crippen LogP contribution in [0.25, 0.3) is 0 Å². The Hall–Kier alpha value is -2.04. The van der Waals surface area contributed by atoms with Crippen LogP contribution in [0.15, 0.2) is 54.6 Å².